The molecule has 0 aromatic heterocycles. The van der Waals surface area contributed by atoms with Gasteiger partial charge in [-0.3, -0.25) is 0 Å². The van der Waals surface area contributed by atoms with E-state index in [9.17, 15) is 0 Å². The van der Waals surface area contributed by atoms with E-state index in [1.54, 1.807) is 0 Å². The molecule has 1 aromatic carbocycles. The van der Waals surface area contributed by atoms with Gasteiger partial charge in [0.25, 0.3) is 0 Å². The number of benzene rings is 1. The van der Waals surface area contributed by atoms with Crippen LogP contribution < -0.4 is 10.2 Å². The van der Waals surface area contributed by atoms with Gasteiger partial charge in [0.15, 0.2) is 0 Å². The molecule has 1 aliphatic rings. The average Bonchev–Trinajstić information content (AvgIpc) is 2.98. The molecule has 1 N–H and O–H groups in total. The summed E-state index contributed by atoms with van der Waals surface area (Å²) in [6.45, 7) is 7.91. The molecule has 1 fully saturated rings. The van der Waals surface area contributed by atoms with Gasteiger partial charge in [-0.15, -0.1) is 0 Å². The predicted octanol–water partition coefficient (Wildman–Crippen LogP) is 3.28. The van der Waals surface area contributed by atoms with Gasteiger partial charge < -0.3 is 15.1 Å². The van der Waals surface area contributed by atoms with Crippen LogP contribution >= 0.6 is 0 Å². The van der Waals surface area contributed by atoms with Crippen LogP contribution in [0.1, 0.15) is 44.7 Å². The van der Waals surface area contributed by atoms with Gasteiger partial charge in [-0.2, -0.15) is 0 Å². The minimum Gasteiger partial charge on any atom is -0.370 e. The monoisotopic (exact) mass is 289 g/mol. The molecule has 3 heteroatoms. The minimum absolute atomic E-state index is 0.472. The molecule has 0 bridgehead atoms. The maximum absolute atomic E-state index is 3.70. The molecule has 0 radical (unpaired) electrons. The van der Waals surface area contributed by atoms with E-state index in [-0.39, 0.29) is 0 Å². The molecule has 0 amide bonds. The summed E-state index contributed by atoms with van der Waals surface area (Å²) in [5, 5.41) is 3.70. The van der Waals surface area contributed by atoms with Crippen molar-refractivity contribution >= 4 is 5.69 Å². The fourth-order valence-corrected chi connectivity index (χ4v) is 3.25. The van der Waals surface area contributed by atoms with E-state index in [0.29, 0.717) is 12.1 Å². The SMILES string of the molecule is CCCNC(CC)c1ccccc1N1CCC(N(C)C)C1. The fourth-order valence-electron chi connectivity index (χ4n) is 3.25. The third-order valence-electron chi connectivity index (χ3n) is 4.60. The standard InChI is InChI=1S/C18H31N3/c1-5-12-19-17(6-2)16-9-7-8-10-18(16)21-13-11-15(14-21)20(3)4/h7-10,15,17,19H,5-6,11-14H2,1-4H3. The maximum Gasteiger partial charge on any atom is 0.0415 e. The Labute approximate surface area is 130 Å². The molecule has 1 heterocycles. The Balaban J connectivity index is 2.16. The Morgan fingerprint density at radius 1 is 1.29 bits per heavy atom. The van der Waals surface area contributed by atoms with Crippen LogP contribution in [0.15, 0.2) is 24.3 Å². The summed E-state index contributed by atoms with van der Waals surface area (Å²) < 4.78 is 0. The molecule has 2 rings (SSSR count). The van der Waals surface area contributed by atoms with Crippen molar-refractivity contribution in [1.29, 1.82) is 0 Å². The molecule has 1 saturated heterocycles. The number of anilines is 1. The maximum atomic E-state index is 3.70. The zero-order valence-corrected chi connectivity index (χ0v) is 14.1. The van der Waals surface area contributed by atoms with E-state index >= 15 is 0 Å². The van der Waals surface area contributed by atoms with Crippen LogP contribution in [0.5, 0.6) is 0 Å². The molecular weight excluding hydrogens is 258 g/mol. The molecule has 1 aliphatic heterocycles. The Morgan fingerprint density at radius 2 is 2.05 bits per heavy atom. The number of para-hydroxylation sites is 1. The second-order valence-corrected chi connectivity index (χ2v) is 6.33. The van der Waals surface area contributed by atoms with Gasteiger partial charge in [0.2, 0.25) is 0 Å². The molecule has 118 valence electrons. The lowest BCUT2D eigenvalue weighted by Crippen LogP contribution is -2.32. The van der Waals surface area contributed by atoms with Crippen molar-refractivity contribution in [3.63, 3.8) is 0 Å². The van der Waals surface area contributed by atoms with E-state index in [2.05, 4.69) is 67.3 Å². The van der Waals surface area contributed by atoms with Crippen LogP contribution in [-0.4, -0.2) is 44.7 Å². The Bertz CT molecular complexity index is 430. The van der Waals surface area contributed by atoms with Crippen LogP contribution in [0, 0.1) is 0 Å². The minimum atomic E-state index is 0.472. The van der Waals surface area contributed by atoms with Crippen molar-refractivity contribution in [3.8, 4) is 0 Å². The summed E-state index contributed by atoms with van der Waals surface area (Å²) in [5.74, 6) is 0. The molecule has 0 aliphatic carbocycles. The van der Waals surface area contributed by atoms with Crippen molar-refractivity contribution in [2.45, 2.75) is 45.2 Å². The van der Waals surface area contributed by atoms with Crippen molar-refractivity contribution in [2.24, 2.45) is 0 Å². The van der Waals surface area contributed by atoms with Gasteiger partial charge in [0.05, 0.1) is 0 Å². The van der Waals surface area contributed by atoms with Crippen molar-refractivity contribution in [3.05, 3.63) is 29.8 Å². The Kier molecular flexibility index (Phi) is 6.07. The third-order valence-corrected chi connectivity index (χ3v) is 4.60. The van der Waals surface area contributed by atoms with Crippen LogP contribution in [0.2, 0.25) is 0 Å². The highest BCUT2D eigenvalue weighted by Gasteiger charge is 2.26. The molecule has 2 atom stereocenters. The lowest BCUT2D eigenvalue weighted by molar-refractivity contribution is 0.315. The summed E-state index contributed by atoms with van der Waals surface area (Å²) in [5.41, 5.74) is 2.89. The molecule has 0 saturated carbocycles. The predicted molar refractivity (Wildman–Crippen MR) is 92.1 cm³/mol. The summed E-state index contributed by atoms with van der Waals surface area (Å²) >= 11 is 0. The highest BCUT2D eigenvalue weighted by molar-refractivity contribution is 5.56. The third kappa shape index (κ3) is 3.98. The first-order valence-corrected chi connectivity index (χ1v) is 8.41. The van der Waals surface area contributed by atoms with Crippen molar-refractivity contribution < 1.29 is 0 Å². The quantitative estimate of drug-likeness (QED) is 0.831. The number of rotatable bonds is 7. The highest BCUT2D eigenvalue weighted by atomic mass is 15.2. The lowest BCUT2D eigenvalue weighted by atomic mass is 10.0. The van der Waals surface area contributed by atoms with Crippen molar-refractivity contribution in [1.82, 2.24) is 10.2 Å². The molecule has 0 spiro atoms. The molecule has 3 nitrogen and oxygen atoms in total. The average molecular weight is 289 g/mol. The first kappa shape index (κ1) is 16.3. The van der Waals surface area contributed by atoms with Crippen molar-refractivity contribution in [2.75, 3.05) is 38.6 Å². The summed E-state index contributed by atoms with van der Waals surface area (Å²) in [6.07, 6.45) is 3.59. The van der Waals surface area contributed by atoms with E-state index in [1.165, 1.54) is 30.6 Å². The van der Waals surface area contributed by atoms with E-state index in [0.717, 1.165) is 19.5 Å². The Morgan fingerprint density at radius 3 is 2.67 bits per heavy atom. The summed E-state index contributed by atoms with van der Waals surface area (Å²) in [7, 11) is 4.38. The first-order chi connectivity index (χ1) is 10.2. The lowest BCUT2D eigenvalue weighted by Gasteiger charge is -2.27. The largest absolute Gasteiger partial charge is 0.370 e. The molecular formula is C18H31N3. The second-order valence-electron chi connectivity index (χ2n) is 6.33. The van der Waals surface area contributed by atoms with Crippen LogP contribution in [0.25, 0.3) is 0 Å². The first-order valence-electron chi connectivity index (χ1n) is 8.41. The van der Waals surface area contributed by atoms with Gasteiger partial charge in [-0.1, -0.05) is 32.0 Å². The number of likely N-dealkylation sites (N-methyl/N-ethyl adjacent to an activating group) is 1. The topological polar surface area (TPSA) is 18.5 Å². The van der Waals surface area contributed by atoms with E-state index in [4.69, 9.17) is 0 Å². The normalized spacial score (nSPS) is 20.2. The van der Waals surface area contributed by atoms with Gasteiger partial charge >= 0.3 is 0 Å². The van der Waals surface area contributed by atoms with E-state index < -0.39 is 0 Å². The number of hydrogen-bond donors (Lipinski definition) is 1. The number of nitrogens with one attached hydrogen (secondary N) is 1. The van der Waals surface area contributed by atoms with Crippen LogP contribution in [0.4, 0.5) is 5.69 Å². The zero-order valence-electron chi connectivity index (χ0n) is 14.1. The van der Waals surface area contributed by atoms with E-state index in [1.807, 2.05) is 0 Å². The van der Waals surface area contributed by atoms with Crippen LogP contribution in [-0.2, 0) is 0 Å². The zero-order chi connectivity index (χ0) is 15.2. The Hall–Kier alpha value is -1.06. The number of nitrogens with zero attached hydrogens (tertiary/aromatic N) is 2. The van der Waals surface area contributed by atoms with Gasteiger partial charge in [0, 0.05) is 30.9 Å². The summed E-state index contributed by atoms with van der Waals surface area (Å²) in [6, 6.07) is 10.1. The molecule has 2 unspecified atom stereocenters. The smallest absolute Gasteiger partial charge is 0.0415 e. The van der Waals surface area contributed by atoms with Gasteiger partial charge in [-0.25, -0.2) is 0 Å². The summed E-state index contributed by atoms with van der Waals surface area (Å²) in [4.78, 5) is 4.92. The molecule has 1 aromatic rings. The van der Waals surface area contributed by atoms with Crippen LogP contribution in [0.3, 0.4) is 0 Å². The second kappa shape index (κ2) is 7.81. The molecule has 21 heavy (non-hydrogen) atoms. The highest BCUT2D eigenvalue weighted by Crippen LogP contribution is 2.31. The fraction of sp³-hybridized carbons (Fsp3) is 0.667. The van der Waals surface area contributed by atoms with Gasteiger partial charge in [-0.05, 0) is 51.5 Å². The number of hydrogen-bond acceptors (Lipinski definition) is 3. The van der Waals surface area contributed by atoms with Gasteiger partial charge in [0.1, 0.15) is 0 Å².